The molecule has 1 aromatic rings. The molecule has 0 bridgehead atoms. The summed E-state index contributed by atoms with van der Waals surface area (Å²) in [6.45, 7) is 3.75. The first-order valence-corrected chi connectivity index (χ1v) is 7.69. The Morgan fingerprint density at radius 3 is 2.70 bits per heavy atom. The third-order valence-corrected chi connectivity index (χ3v) is 4.79. The number of amides is 1. The normalized spacial score (nSPS) is 19.9. The van der Waals surface area contributed by atoms with Crippen LogP contribution in [-0.2, 0) is 0 Å². The quantitative estimate of drug-likeness (QED) is 0.385. The van der Waals surface area contributed by atoms with E-state index in [4.69, 9.17) is 10.9 Å². The van der Waals surface area contributed by atoms with Crippen LogP contribution in [0.25, 0.3) is 0 Å². The Morgan fingerprint density at radius 1 is 1.45 bits per heavy atom. The Hall–Kier alpha value is -1.69. The molecule has 1 heterocycles. The van der Waals surface area contributed by atoms with Crippen LogP contribution in [-0.4, -0.2) is 45.9 Å². The number of oxime groups is 1. The zero-order valence-electron chi connectivity index (χ0n) is 11.5. The summed E-state index contributed by atoms with van der Waals surface area (Å²) in [6.07, 6.45) is 1.08. The van der Waals surface area contributed by atoms with Gasteiger partial charge in [0, 0.05) is 35.2 Å². The van der Waals surface area contributed by atoms with Crippen LogP contribution in [0.5, 0.6) is 0 Å². The molecular formula is C14H19N3O2S. The summed E-state index contributed by atoms with van der Waals surface area (Å²) in [5.74, 6) is 1.09. The molecule has 1 aromatic carbocycles. The van der Waals surface area contributed by atoms with Crippen LogP contribution in [0.4, 0.5) is 0 Å². The van der Waals surface area contributed by atoms with E-state index in [-0.39, 0.29) is 11.7 Å². The fourth-order valence-corrected chi connectivity index (χ4v) is 3.35. The molecule has 0 aromatic heterocycles. The second kappa shape index (κ2) is 6.65. The molecule has 5 nitrogen and oxygen atoms in total. The van der Waals surface area contributed by atoms with Crippen molar-refractivity contribution in [3.8, 4) is 0 Å². The maximum absolute atomic E-state index is 12.4. The second-order valence-electron chi connectivity index (χ2n) is 4.71. The second-order valence-corrected chi connectivity index (χ2v) is 6.12. The number of amidine groups is 1. The number of thioether (sulfide) groups is 1. The van der Waals surface area contributed by atoms with Crippen LogP contribution >= 0.6 is 11.8 Å². The standard InChI is InChI=1S/C14H19N3O2S/c1-2-12-9-17(7-8-20-12)14(18)11-5-3-10(4-6-11)13(15)16-19/h3-6,12,19H,2,7-9H2,1H3,(H2,15,16). The van der Waals surface area contributed by atoms with Gasteiger partial charge in [0.2, 0.25) is 0 Å². The van der Waals surface area contributed by atoms with Crippen molar-refractivity contribution in [1.82, 2.24) is 4.90 Å². The highest BCUT2D eigenvalue weighted by Gasteiger charge is 2.23. The van der Waals surface area contributed by atoms with Gasteiger partial charge in [0.25, 0.3) is 5.91 Å². The number of carbonyl (C=O) groups excluding carboxylic acids is 1. The largest absolute Gasteiger partial charge is 0.409 e. The Labute approximate surface area is 122 Å². The molecule has 20 heavy (non-hydrogen) atoms. The summed E-state index contributed by atoms with van der Waals surface area (Å²) in [7, 11) is 0. The molecule has 0 saturated carbocycles. The van der Waals surface area contributed by atoms with E-state index >= 15 is 0 Å². The highest BCUT2D eigenvalue weighted by Crippen LogP contribution is 2.22. The summed E-state index contributed by atoms with van der Waals surface area (Å²) in [5.41, 5.74) is 6.74. The summed E-state index contributed by atoms with van der Waals surface area (Å²) >= 11 is 1.93. The number of benzene rings is 1. The smallest absolute Gasteiger partial charge is 0.253 e. The first-order chi connectivity index (χ1) is 9.65. The zero-order chi connectivity index (χ0) is 14.5. The average molecular weight is 293 g/mol. The summed E-state index contributed by atoms with van der Waals surface area (Å²) < 4.78 is 0. The molecule has 1 aliphatic heterocycles. The van der Waals surface area contributed by atoms with Gasteiger partial charge in [-0.3, -0.25) is 4.79 Å². The van der Waals surface area contributed by atoms with Crippen LogP contribution in [0.15, 0.2) is 29.4 Å². The predicted molar refractivity (Wildman–Crippen MR) is 81.4 cm³/mol. The third-order valence-electron chi connectivity index (χ3n) is 3.42. The number of nitrogens with zero attached hydrogens (tertiary/aromatic N) is 2. The Kier molecular flexibility index (Phi) is 4.89. The minimum atomic E-state index is 0.0458. The van der Waals surface area contributed by atoms with Crippen molar-refractivity contribution in [2.75, 3.05) is 18.8 Å². The molecule has 108 valence electrons. The molecule has 0 radical (unpaired) electrons. The van der Waals surface area contributed by atoms with Gasteiger partial charge >= 0.3 is 0 Å². The van der Waals surface area contributed by atoms with Crippen LogP contribution in [0, 0.1) is 0 Å². The molecular weight excluding hydrogens is 274 g/mol. The zero-order valence-corrected chi connectivity index (χ0v) is 12.3. The molecule has 1 amide bonds. The minimum absolute atomic E-state index is 0.0458. The van der Waals surface area contributed by atoms with Gasteiger partial charge in [0.1, 0.15) is 0 Å². The average Bonchev–Trinajstić information content (AvgIpc) is 2.53. The van der Waals surface area contributed by atoms with E-state index in [9.17, 15) is 4.79 Å². The summed E-state index contributed by atoms with van der Waals surface area (Å²) in [5, 5.41) is 12.1. The Morgan fingerprint density at radius 2 is 2.10 bits per heavy atom. The molecule has 2 rings (SSSR count). The van der Waals surface area contributed by atoms with Gasteiger partial charge in [-0.05, 0) is 18.6 Å². The predicted octanol–water partition coefficient (Wildman–Crippen LogP) is 1.75. The molecule has 3 N–H and O–H groups in total. The molecule has 1 saturated heterocycles. The SMILES string of the molecule is CCC1CN(C(=O)c2ccc(/C(N)=N/O)cc2)CCS1. The van der Waals surface area contributed by atoms with Gasteiger partial charge in [-0.1, -0.05) is 24.2 Å². The molecule has 0 spiro atoms. The van der Waals surface area contributed by atoms with E-state index in [0.717, 1.165) is 25.3 Å². The van der Waals surface area contributed by atoms with Crippen molar-refractivity contribution >= 4 is 23.5 Å². The maximum atomic E-state index is 12.4. The first kappa shape index (κ1) is 14.7. The molecule has 6 heteroatoms. The van der Waals surface area contributed by atoms with Gasteiger partial charge < -0.3 is 15.8 Å². The lowest BCUT2D eigenvalue weighted by molar-refractivity contribution is 0.0761. The number of hydrogen-bond acceptors (Lipinski definition) is 4. The lowest BCUT2D eigenvalue weighted by Gasteiger charge is -2.32. The van der Waals surface area contributed by atoms with Gasteiger partial charge in [-0.25, -0.2) is 0 Å². The van der Waals surface area contributed by atoms with Crippen molar-refractivity contribution < 1.29 is 10.0 Å². The van der Waals surface area contributed by atoms with Gasteiger partial charge in [-0.2, -0.15) is 11.8 Å². The van der Waals surface area contributed by atoms with Crippen LogP contribution in [0.1, 0.15) is 29.3 Å². The van der Waals surface area contributed by atoms with Gasteiger partial charge in [0.15, 0.2) is 5.84 Å². The summed E-state index contributed by atoms with van der Waals surface area (Å²) in [4.78, 5) is 14.3. The highest BCUT2D eigenvalue weighted by atomic mass is 32.2. The van der Waals surface area contributed by atoms with Crippen LogP contribution < -0.4 is 5.73 Å². The number of rotatable bonds is 3. The number of nitrogens with two attached hydrogens (primary N) is 1. The first-order valence-electron chi connectivity index (χ1n) is 6.64. The maximum Gasteiger partial charge on any atom is 0.253 e. The number of carbonyl (C=O) groups is 1. The van der Waals surface area contributed by atoms with Crippen molar-refractivity contribution in [3.05, 3.63) is 35.4 Å². The van der Waals surface area contributed by atoms with E-state index in [1.54, 1.807) is 24.3 Å². The monoisotopic (exact) mass is 293 g/mol. The van der Waals surface area contributed by atoms with Gasteiger partial charge in [-0.15, -0.1) is 0 Å². The van der Waals surface area contributed by atoms with Crippen molar-refractivity contribution in [2.45, 2.75) is 18.6 Å². The number of hydrogen-bond donors (Lipinski definition) is 2. The lowest BCUT2D eigenvalue weighted by atomic mass is 10.1. The van der Waals surface area contributed by atoms with Crippen molar-refractivity contribution in [2.24, 2.45) is 10.9 Å². The molecule has 1 aliphatic rings. The van der Waals surface area contributed by atoms with Crippen molar-refractivity contribution in [1.29, 1.82) is 0 Å². The van der Waals surface area contributed by atoms with E-state index in [2.05, 4.69) is 12.1 Å². The fourth-order valence-electron chi connectivity index (χ4n) is 2.17. The fraction of sp³-hybridized carbons (Fsp3) is 0.429. The summed E-state index contributed by atoms with van der Waals surface area (Å²) in [6, 6.07) is 6.83. The molecule has 0 aliphatic carbocycles. The Bertz CT molecular complexity index is 502. The van der Waals surface area contributed by atoms with E-state index in [0.29, 0.717) is 16.4 Å². The van der Waals surface area contributed by atoms with Crippen LogP contribution in [0.3, 0.4) is 0 Å². The minimum Gasteiger partial charge on any atom is -0.409 e. The van der Waals surface area contributed by atoms with Crippen LogP contribution in [0.2, 0.25) is 0 Å². The Balaban J connectivity index is 2.09. The van der Waals surface area contributed by atoms with E-state index in [1.807, 2.05) is 16.7 Å². The topological polar surface area (TPSA) is 78.9 Å². The van der Waals surface area contributed by atoms with E-state index in [1.165, 1.54) is 0 Å². The molecule has 1 unspecified atom stereocenters. The van der Waals surface area contributed by atoms with E-state index < -0.39 is 0 Å². The third kappa shape index (κ3) is 3.25. The van der Waals surface area contributed by atoms with Crippen molar-refractivity contribution in [3.63, 3.8) is 0 Å². The van der Waals surface area contributed by atoms with Gasteiger partial charge in [0.05, 0.1) is 0 Å². The molecule has 1 atom stereocenters. The highest BCUT2D eigenvalue weighted by molar-refractivity contribution is 8.00. The lowest BCUT2D eigenvalue weighted by Crippen LogP contribution is -2.41. The molecule has 1 fully saturated rings.